The summed E-state index contributed by atoms with van der Waals surface area (Å²) in [5.74, 6) is 3.07. The van der Waals surface area contributed by atoms with Crippen molar-refractivity contribution in [1.29, 1.82) is 0 Å². The maximum absolute atomic E-state index is 11.6. The molecule has 8 nitrogen and oxygen atoms in total. The van der Waals surface area contributed by atoms with E-state index in [2.05, 4.69) is 16.3 Å². The van der Waals surface area contributed by atoms with E-state index in [0.29, 0.717) is 30.4 Å². The first-order chi connectivity index (χ1) is 14.4. The van der Waals surface area contributed by atoms with Gasteiger partial charge in [0.1, 0.15) is 18.2 Å². The maximum atomic E-state index is 11.6. The van der Waals surface area contributed by atoms with Gasteiger partial charge in [-0.25, -0.2) is 4.99 Å². The Kier molecular flexibility index (Phi) is 5.40. The van der Waals surface area contributed by atoms with Crippen molar-refractivity contribution in [3.63, 3.8) is 0 Å². The first kappa shape index (κ1) is 20.3. The summed E-state index contributed by atoms with van der Waals surface area (Å²) in [5.41, 5.74) is 1.69. The highest BCUT2D eigenvalue weighted by Gasteiger charge is 2.41. The van der Waals surface area contributed by atoms with E-state index in [-0.39, 0.29) is 30.0 Å². The minimum atomic E-state index is -0.137. The Morgan fingerprint density at radius 3 is 2.67 bits per heavy atom. The number of hydrogen-bond acceptors (Lipinski definition) is 7. The van der Waals surface area contributed by atoms with Crippen LogP contribution in [0.2, 0.25) is 0 Å². The first-order valence-electron chi connectivity index (χ1n) is 10.1. The number of amidine groups is 1. The van der Waals surface area contributed by atoms with Crippen molar-refractivity contribution in [2.45, 2.75) is 38.5 Å². The zero-order chi connectivity index (χ0) is 21.4. The number of aliphatic imine (C=N–C) groups is 2. The van der Waals surface area contributed by atoms with E-state index in [4.69, 9.17) is 24.2 Å². The van der Waals surface area contributed by atoms with Crippen molar-refractivity contribution in [2.75, 3.05) is 27.8 Å². The van der Waals surface area contributed by atoms with Crippen LogP contribution in [-0.4, -0.2) is 68.5 Å². The van der Waals surface area contributed by atoms with Gasteiger partial charge in [0, 0.05) is 31.5 Å². The summed E-state index contributed by atoms with van der Waals surface area (Å²) in [7, 11) is 5.23. The van der Waals surface area contributed by atoms with Gasteiger partial charge in [0.05, 0.1) is 25.8 Å². The van der Waals surface area contributed by atoms with Crippen LogP contribution >= 0.6 is 0 Å². The predicted molar refractivity (Wildman–Crippen MR) is 115 cm³/mol. The highest BCUT2D eigenvalue weighted by atomic mass is 16.5. The number of ether oxygens (including phenoxy) is 3. The van der Waals surface area contributed by atoms with E-state index in [1.807, 2.05) is 39.1 Å². The molecule has 30 heavy (non-hydrogen) atoms. The average molecular weight is 412 g/mol. The largest absolute Gasteiger partial charge is 0.493 e. The fraction of sp³-hybridized carbons (Fsp3) is 0.500. The van der Waals surface area contributed by atoms with Crippen LogP contribution in [0.1, 0.15) is 25.8 Å². The first-order valence-corrected chi connectivity index (χ1v) is 10.1. The number of rotatable bonds is 5. The lowest BCUT2D eigenvalue weighted by Crippen LogP contribution is -2.46. The van der Waals surface area contributed by atoms with Crippen LogP contribution in [0.3, 0.4) is 0 Å². The number of methoxy groups -OCH3 is 2. The molecule has 1 fully saturated rings. The average Bonchev–Trinajstić information content (AvgIpc) is 3.30. The summed E-state index contributed by atoms with van der Waals surface area (Å²) >= 11 is 0. The summed E-state index contributed by atoms with van der Waals surface area (Å²) in [6.45, 7) is 4.62. The van der Waals surface area contributed by atoms with E-state index >= 15 is 0 Å². The fourth-order valence-electron chi connectivity index (χ4n) is 4.13. The van der Waals surface area contributed by atoms with E-state index in [9.17, 15) is 4.79 Å². The third kappa shape index (κ3) is 3.62. The molecule has 4 atom stereocenters. The van der Waals surface area contributed by atoms with Gasteiger partial charge in [0.25, 0.3) is 0 Å². The van der Waals surface area contributed by atoms with E-state index in [1.165, 1.54) is 0 Å². The number of amides is 1. The number of nitrogens with one attached hydrogen (secondary N) is 1. The predicted octanol–water partition coefficient (Wildman–Crippen LogP) is 2.10. The Balaban J connectivity index is 1.66. The molecule has 0 aromatic heterocycles. The lowest BCUT2D eigenvalue weighted by atomic mass is 9.99. The summed E-state index contributed by atoms with van der Waals surface area (Å²) < 4.78 is 17.2. The second-order valence-corrected chi connectivity index (χ2v) is 7.89. The zero-order valence-corrected chi connectivity index (χ0v) is 18.0. The van der Waals surface area contributed by atoms with E-state index in [0.717, 1.165) is 17.1 Å². The Bertz CT molecular complexity index is 939. The number of nitrogens with zero attached hydrogens (tertiary/aromatic N) is 3. The van der Waals surface area contributed by atoms with Crippen LogP contribution in [0.15, 0.2) is 34.3 Å². The number of carbonyl (C=O) groups is 1. The molecule has 1 aromatic carbocycles. The number of hydrogen-bond donors (Lipinski definition) is 1. The lowest BCUT2D eigenvalue weighted by molar-refractivity contribution is -0.119. The van der Waals surface area contributed by atoms with Crippen LogP contribution in [0.4, 0.5) is 0 Å². The van der Waals surface area contributed by atoms with Crippen molar-refractivity contribution in [3.05, 3.63) is 29.8 Å². The topological polar surface area (TPSA) is 84.8 Å². The van der Waals surface area contributed by atoms with Gasteiger partial charge in [-0.3, -0.25) is 9.79 Å². The molecule has 0 aliphatic carbocycles. The summed E-state index contributed by atoms with van der Waals surface area (Å²) in [6.07, 6.45) is 2.41. The summed E-state index contributed by atoms with van der Waals surface area (Å²) in [6, 6.07) is 5.56. The number of carbonyl (C=O) groups excluding carboxylic acids is 1. The molecule has 2 unspecified atom stereocenters. The molecule has 0 bridgehead atoms. The molecule has 1 amide bonds. The Hall–Kier alpha value is -3.03. The maximum Gasteiger partial charge on any atom is 0.220 e. The smallest absolute Gasteiger partial charge is 0.220 e. The van der Waals surface area contributed by atoms with Gasteiger partial charge in [-0.05, 0) is 38.1 Å². The van der Waals surface area contributed by atoms with Gasteiger partial charge >= 0.3 is 0 Å². The molecule has 1 saturated heterocycles. The molecule has 8 heteroatoms. The van der Waals surface area contributed by atoms with Crippen molar-refractivity contribution in [2.24, 2.45) is 15.9 Å². The van der Waals surface area contributed by atoms with Gasteiger partial charge in [-0.1, -0.05) is 0 Å². The van der Waals surface area contributed by atoms with Crippen LogP contribution in [0, 0.1) is 5.92 Å². The number of fused-ring (bicyclic) bond motifs is 1. The van der Waals surface area contributed by atoms with Gasteiger partial charge < -0.3 is 24.4 Å². The second-order valence-electron chi connectivity index (χ2n) is 7.89. The SMILES string of the molecule is COc1ccc(C2=CC3N=C(C)N(C)C3C(O[C@H](C)[C@H]3CNC(=O)C3)=N2)cc1OC. The highest BCUT2D eigenvalue weighted by Crippen LogP contribution is 2.35. The lowest BCUT2D eigenvalue weighted by Gasteiger charge is -2.32. The number of benzene rings is 1. The molecular formula is C22H28N4O4. The van der Waals surface area contributed by atoms with Crippen molar-refractivity contribution < 1.29 is 19.0 Å². The van der Waals surface area contributed by atoms with Gasteiger partial charge in [-0.15, -0.1) is 0 Å². The fourth-order valence-corrected chi connectivity index (χ4v) is 4.13. The molecular weight excluding hydrogens is 384 g/mol. The highest BCUT2D eigenvalue weighted by molar-refractivity contribution is 5.97. The molecule has 4 rings (SSSR count). The second kappa shape index (κ2) is 8.01. The van der Waals surface area contributed by atoms with Crippen molar-refractivity contribution in [3.8, 4) is 11.5 Å². The summed E-state index contributed by atoms with van der Waals surface area (Å²) in [5, 5.41) is 2.88. The van der Waals surface area contributed by atoms with Crippen LogP contribution < -0.4 is 14.8 Å². The number of likely N-dealkylation sites (N-methyl/N-ethyl adjacent to an activating group) is 1. The Morgan fingerprint density at radius 1 is 1.23 bits per heavy atom. The van der Waals surface area contributed by atoms with Crippen molar-refractivity contribution in [1.82, 2.24) is 10.2 Å². The summed E-state index contributed by atoms with van der Waals surface area (Å²) in [4.78, 5) is 23.4. The van der Waals surface area contributed by atoms with Crippen LogP contribution in [0.25, 0.3) is 5.70 Å². The van der Waals surface area contributed by atoms with Crippen molar-refractivity contribution >= 4 is 23.3 Å². The van der Waals surface area contributed by atoms with Crippen LogP contribution in [0.5, 0.6) is 11.5 Å². The standard InChI is InChI=1S/C22H28N4O4/c1-12(15-9-20(27)23-11-15)30-22-21-17(24-13(2)26(21)3)10-16(25-22)14-6-7-18(28-4)19(8-14)29-5/h6-8,10,12,15,17,21H,9,11H2,1-5H3,(H,23,27)/t12-,15-,17?,21?/m1/s1. The normalized spacial score (nSPS) is 26.3. The molecule has 0 spiro atoms. The molecule has 1 N–H and O–H groups in total. The molecule has 3 heterocycles. The molecule has 160 valence electrons. The molecule has 3 aliphatic heterocycles. The van der Waals surface area contributed by atoms with Gasteiger partial charge in [0.2, 0.25) is 11.8 Å². The monoisotopic (exact) mass is 412 g/mol. The zero-order valence-electron chi connectivity index (χ0n) is 18.0. The third-order valence-electron chi connectivity index (χ3n) is 6.06. The quantitative estimate of drug-likeness (QED) is 0.801. The Labute approximate surface area is 176 Å². The minimum absolute atomic E-state index is 0.0713. The van der Waals surface area contributed by atoms with E-state index < -0.39 is 0 Å². The molecule has 1 aromatic rings. The van der Waals surface area contributed by atoms with E-state index in [1.54, 1.807) is 14.2 Å². The van der Waals surface area contributed by atoms with Crippen LogP contribution in [-0.2, 0) is 9.53 Å². The molecule has 0 saturated carbocycles. The van der Waals surface area contributed by atoms with Gasteiger partial charge in [-0.2, -0.15) is 0 Å². The van der Waals surface area contributed by atoms with Gasteiger partial charge in [0.15, 0.2) is 11.5 Å². The molecule has 0 radical (unpaired) electrons. The molecule has 3 aliphatic rings. The minimum Gasteiger partial charge on any atom is -0.493 e. The third-order valence-corrected chi connectivity index (χ3v) is 6.06. The Morgan fingerprint density at radius 2 is 2.00 bits per heavy atom.